The molecule has 0 amide bonds. The highest BCUT2D eigenvalue weighted by Gasteiger charge is 2.40. The van der Waals surface area contributed by atoms with E-state index in [0.717, 1.165) is 30.7 Å². The second-order valence-electron chi connectivity index (χ2n) is 6.78. The van der Waals surface area contributed by atoms with Crippen molar-refractivity contribution in [1.82, 2.24) is 10.2 Å². The average molecular weight is 250 g/mol. The number of likely N-dealkylation sites (tertiary alicyclic amines) is 1. The summed E-state index contributed by atoms with van der Waals surface area (Å²) in [5.74, 6) is 0.814. The van der Waals surface area contributed by atoms with E-state index in [1.54, 1.807) is 0 Å². The van der Waals surface area contributed by atoms with Gasteiger partial charge in [-0.2, -0.15) is 0 Å². The zero-order chi connectivity index (χ0) is 11.9. The van der Waals surface area contributed by atoms with E-state index in [4.69, 9.17) is 4.74 Å². The van der Waals surface area contributed by atoms with Crippen molar-refractivity contribution in [2.24, 2.45) is 5.92 Å². The molecule has 2 aliphatic carbocycles. The smallest absolute Gasteiger partial charge is 0.0619 e. The Bertz CT molecular complexity index is 305. The highest BCUT2D eigenvalue weighted by atomic mass is 16.5. The quantitative estimate of drug-likeness (QED) is 0.826. The summed E-state index contributed by atoms with van der Waals surface area (Å²) < 4.78 is 5.87. The number of hydrogen-bond donors (Lipinski definition) is 1. The van der Waals surface area contributed by atoms with Gasteiger partial charge in [0.2, 0.25) is 0 Å². The largest absolute Gasteiger partial charge is 0.378 e. The fraction of sp³-hybridized carbons (Fsp3) is 1.00. The molecule has 2 heterocycles. The van der Waals surface area contributed by atoms with Crippen LogP contribution in [0, 0.1) is 5.92 Å². The summed E-state index contributed by atoms with van der Waals surface area (Å²) >= 11 is 0. The minimum atomic E-state index is 0.581. The molecule has 1 N–H and O–H groups in total. The van der Waals surface area contributed by atoms with Crippen molar-refractivity contribution >= 4 is 0 Å². The van der Waals surface area contributed by atoms with Crippen molar-refractivity contribution < 1.29 is 4.74 Å². The van der Waals surface area contributed by atoms with E-state index in [0.29, 0.717) is 6.10 Å². The van der Waals surface area contributed by atoms with Gasteiger partial charge in [-0.1, -0.05) is 0 Å². The van der Waals surface area contributed by atoms with Gasteiger partial charge >= 0.3 is 0 Å². The van der Waals surface area contributed by atoms with Crippen molar-refractivity contribution in [1.29, 1.82) is 0 Å². The molecule has 2 saturated carbocycles. The number of nitrogens with zero attached hydrogens (tertiary/aromatic N) is 1. The highest BCUT2D eigenvalue weighted by molar-refractivity contribution is 4.96. The molecule has 2 saturated heterocycles. The van der Waals surface area contributed by atoms with Crippen LogP contribution in [0.3, 0.4) is 0 Å². The van der Waals surface area contributed by atoms with Crippen LogP contribution in [0.15, 0.2) is 0 Å². The molecule has 0 bridgehead atoms. The van der Waals surface area contributed by atoms with E-state index in [1.807, 2.05) is 0 Å². The van der Waals surface area contributed by atoms with Crippen LogP contribution in [0.2, 0.25) is 0 Å². The topological polar surface area (TPSA) is 24.5 Å². The summed E-state index contributed by atoms with van der Waals surface area (Å²) in [6, 6.07) is 2.45. The molecule has 4 atom stereocenters. The van der Waals surface area contributed by atoms with Crippen LogP contribution in [-0.2, 0) is 4.74 Å². The minimum absolute atomic E-state index is 0.581. The van der Waals surface area contributed by atoms with Gasteiger partial charge in [-0.15, -0.1) is 0 Å². The normalized spacial score (nSPS) is 45.3. The molecule has 3 nitrogen and oxygen atoms in total. The van der Waals surface area contributed by atoms with Gasteiger partial charge in [-0.25, -0.2) is 0 Å². The van der Waals surface area contributed by atoms with Gasteiger partial charge in [-0.3, -0.25) is 4.90 Å². The Kier molecular flexibility index (Phi) is 3.10. The molecule has 0 spiro atoms. The Hall–Kier alpha value is -0.120. The van der Waals surface area contributed by atoms with Gasteiger partial charge in [-0.05, 0) is 44.9 Å². The van der Waals surface area contributed by atoms with E-state index in [9.17, 15) is 0 Å². The third-order valence-electron chi connectivity index (χ3n) is 5.51. The lowest BCUT2D eigenvalue weighted by atomic mass is 9.81. The Morgan fingerprint density at radius 2 is 1.94 bits per heavy atom. The number of ether oxygens (including phenoxy) is 1. The molecule has 0 aromatic heterocycles. The predicted molar refractivity (Wildman–Crippen MR) is 71.6 cm³/mol. The van der Waals surface area contributed by atoms with Crippen LogP contribution in [0.5, 0.6) is 0 Å². The molecule has 4 rings (SSSR count). The monoisotopic (exact) mass is 250 g/mol. The van der Waals surface area contributed by atoms with Gasteiger partial charge < -0.3 is 10.1 Å². The van der Waals surface area contributed by atoms with Crippen molar-refractivity contribution in [2.45, 2.75) is 69.2 Å². The van der Waals surface area contributed by atoms with Crippen LogP contribution in [-0.4, -0.2) is 48.8 Å². The van der Waals surface area contributed by atoms with Crippen LogP contribution in [0.4, 0.5) is 0 Å². The van der Waals surface area contributed by atoms with Gasteiger partial charge in [0.05, 0.1) is 6.10 Å². The number of fused-ring (bicyclic) bond motifs is 1. The Morgan fingerprint density at radius 1 is 1.00 bits per heavy atom. The molecule has 3 heteroatoms. The standard InChI is InChI=1S/C15H26N2O/c1-2-14(13-7-9-18-15(13)3-1)16-11-6-8-17(10-11)12-4-5-12/h11-16H,1-10H2/t11-,13+,14+,15-/m1/s1. The van der Waals surface area contributed by atoms with E-state index < -0.39 is 0 Å². The van der Waals surface area contributed by atoms with E-state index >= 15 is 0 Å². The van der Waals surface area contributed by atoms with Gasteiger partial charge in [0, 0.05) is 43.7 Å². The average Bonchev–Trinajstić information content (AvgIpc) is 2.94. The molecule has 0 aromatic rings. The molecule has 0 unspecified atom stereocenters. The number of nitrogens with one attached hydrogen (secondary N) is 1. The maximum Gasteiger partial charge on any atom is 0.0619 e. The van der Waals surface area contributed by atoms with Gasteiger partial charge in [0.1, 0.15) is 0 Å². The van der Waals surface area contributed by atoms with Crippen LogP contribution in [0.25, 0.3) is 0 Å². The maximum atomic E-state index is 5.87. The predicted octanol–water partition coefficient (Wildman–Crippen LogP) is 1.77. The SMILES string of the molecule is C1C[C@H](N[C@@H]2CCN(C3CC3)C2)[C@@H]2CCO[C@@H]2C1. The summed E-state index contributed by atoms with van der Waals surface area (Å²) in [4.78, 5) is 2.71. The first-order valence-electron chi connectivity index (χ1n) is 8.02. The molecular weight excluding hydrogens is 224 g/mol. The molecule has 4 fully saturated rings. The van der Waals surface area contributed by atoms with E-state index in [1.165, 1.54) is 58.0 Å². The molecule has 18 heavy (non-hydrogen) atoms. The first-order valence-corrected chi connectivity index (χ1v) is 8.02. The Labute approximate surface area is 110 Å². The second kappa shape index (κ2) is 4.77. The van der Waals surface area contributed by atoms with Crippen molar-refractivity contribution in [3.05, 3.63) is 0 Å². The fourth-order valence-corrected chi connectivity index (χ4v) is 4.38. The summed E-state index contributed by atoms with van der Waals surface area (Å²) in [7, 11) is 0. The lowest BCUT2D eigenvalue weighted by Crippen LogP contribution is -2.48. The number of rotatable bonds is 3. The van der Waals surface area contributed by atoms with Gasteiger partial charge in [0.15, 0.2) is 0 Å². The van der Waals surface area contributed by atoms with Crippen molar-refractivity contribution in [3.63, 3.8) is 0 Å². The second-order valence-corrected chi connectivity index (χ2v) is 6.78. The third-order valence-corrected chi connectivity index (χ3v) is 5.51. The van der Waals surface area contributed by atoms with Crippen LogP contribution >= 0.6 is 0 Å². The first-order chi connectivity index (χ1) is 8.90. The molecular formula is C15H26N2O. The van der Waals surface area contributed by atoms with Gasteiger partial charge in [0.25, 0.3) is 0 Å². The lowest BCUT2D eigenvalue weighted by molar-refractivity contribution is 0.0512. The molecule has 0 aromatic carbocycles. The maximum absolute atomic E-state index is 5.87. The number of hydrogen-bond acceptors (Lipinski definition) is 3. The van der Waals surface area contributed by atoms with Crippen molar-refractivity contribution in [2.75, 3.05) is 19.7 Å². The minimum Gasteiger partial charge on any atom is -0.378 e. The van der Waals surface area contributed by atoms with E-state index in [-0.39, 0.29) is 0 Å². The lowest BCUT2D eigenvalue weighted by Gasteiger charge is -2.35. The summed E-state index contributed by atoms with van der Waals surface area (Å²) in [6.07, 6.45) is 10.2. The van der Waals surface area contributed by atoms with E-state index in [2.05, 4.69) is 10.2 Å². The molecule has 4 aliphatic rings. The Morgan fingerprint density at radius 3 is 2.83 bits per heavy atom. The zero-order valence-electron chi connectivity index (χ0n) is 11.3. The fourth-order valence-electron chi connectivity index (χ4n) is 4.38. The Balaban J connectivity index is 1.33. The van der Waals surface area contributed by atoms with Crippen LogP contribution < -0.4 is 5.32 Å². The molecule has 102 valence electrons. The molecule has 0 radical (unpaired) electrons. The third kappa shape index (κ3) is 2.21. The zero-order valence-corrected chi connectivity index (χ0v) is 11.3. The van der Waals surface area contributed by atoms with Crippen molar-refractivity contribution in [3.8, 4) is 0 Å². The summed E-state index contributed by atoms with van der Waals surface area (Å²) in [6.45, 7) is 3.64. The summed E-state index contributed by atoms with van der Waals surface area (Å²) in [5, 5.41) is 3.98. The highest BCUT2D eigenvalue weighted by Crippen LogP contribution is 2.35. The first kappa shape index (κ1) is 11.7. The summed E-state index contributed by atoms with van der Waals surface area (Å²) in [5.41, 5.74) is 0. The van der Waals surface area contributed by atoms with Crippen LogP contribution in [0.1, 0.15) is 44.9 Å². The molecule has 2 aliphatic heterocycles.